The highest BCUT2D eigenvalue weighted by Crippen LogP contribution is 2.26. The average molecular weight is 344 g/mol. The van der Waals surface area contributed by atoms with Crippen molar-refractivity contribution in [3.05, 3.63) is 48.2 Å². The molecule has 1 unspecified atom stereocenters. The van der Waals surface area contributed by atoms with E-state index in [-0.39, 0.29) is 5.11 Å². The van der Waals surface area contributed by atoms with Crippen molar-refractivity contribution in [2.24, 2.45) is 5.73 Å². The highest BCUT2D eigenvalue weighted by atomic mass is 32.1. The number of rotatable bonds is 6. The van der Waals surface area contributed by atoms with Crippen LogP contribution in [0.25, 0.3) is 0 Å². The zero-order chi connectivity index (χ0) is 17.6. The fourth-order valence-corrected chi connectivity index (χ4v) is 2.72. The topological polar surface area (TPSA) is 83.5 Å². The first-order valence-corrected chi connectivity index (χ1v) is 7.78. The number of allylic oxidation sites excluding steroid dienone is 2. The van der Waals surface area contributed by atoms with E-state index in [1.165, 1.54) is 0 Å². The summed E-state index contributed by atoms with van der Waals surface area (Å²) in [7, 11) is 3.25. The van der Waals surface area contributed by atoms with Gasteiger partial charge in [-0.3, -0.25) is 0 Å². The molecule has 2 rings (SSSR count). The predicted octanol–water partition coefficient (Wildman–Crippen LogP) is 1.68. The van der Waals surface area contributed by atoms with E-state index in [0.717, 1.165) is 17.1 Å². The number of hydrogen-bond acceptors (Lipinski definition) is 5. The van der Waals surface area contributed by atoms with Crippen LogP contribution in [-0.4, -0.2) is 36.4 Å². The first-order valence-electron chi connectivity index (χ1n) is 7.37. The van der Waals surface area contributed by atoms with Crippen molar-refractivity contribution in [2.45, 2.75) is 12.1 Å². The van der Waals surface area contributed by atoms with Gasteiger partial charge in [-0.15, -0.1) is 0 Å². The third-order valence-electron chi connectivity index (χ3n) is 3.76. The Balaban J connectivity index is 2.21. The first-order chi connectivity index (χ1) is 11.5. The standard InChI is InChI=1S/C17H20N4O2S/c1-22-14-5-6-15(23-2)13(11-14)7-10-21-9-4-3-8-17(21,12-18)20-16(19)24/h3-6,8-9,11H,7,10H2,1-2H3,(H3,19,20,24). The van der Waals surface area contributed by atoms with Crippen LogP contribution < -0.4 is 20.5 Å². The van der Waals surface area contributed by atoms with E-state index < -0.39 is 5.66 Å². The van der Waals surface area contributed by atoms with Crippen LogP contribution in [0.5, 0.6) is 11.5 Å². The summed E-state index contributed by atoms with van der Waals surface area (Å²) in [6.07, 6.45) is 7.87. The van der Waals surface area contributed by atoms with Crippen LogP contribution >= 0.6 is 12.2 Å². The molecule has 7 heteroatoms. The van der Waals surface area contributed by atoms with Crippen LogP contribution in [0, 0.1) is 11.3 Å². The van der Waals surface area contributed by atoms with Gasteiger partial charge < -0.3 is 25.4 Å². The van der Waals surface area contributed by atoms with Gasteiger partial charge in [0.2, 0.25) is 5.66 Å². The second-order valence-electron chi connectivity index (χ2n) is 5.19. The molecule has 24 heavy (non-hydrogen) atoms. The molecule has 0 bridgehead atoms. The van der Waals surface area contributed by atoms with Gasteiger partial charge in [-0.25, -0.2) is 0 Å². The molecule has 0 amide bonds. The van der Waals surface area contributed by atoms with Gasteiger partial charge in [0, 0.05) is 12.7 Å². The van der Waals surface area contributed by atoms with Crippen molar-refractivity contribution in [3.8, 4) is 17.6 Å². The largest absolute Gasteiger partial charge is 0.497 e. The Labute approximate surface area is 147 Å². The Morgan fingerprint density at radius 1 is 1.38 bits per heavy atom. The number of nitrogens with two attached hydrogens (primary N) is 1. The molecule has 1 aromatic carbocycles. The zero-order valence-corrected chi connectivity index (χ0v) is 14.5. The minimum absolute atomic E-state index is 0.0699. The summed E-state index contributed by atoms with van der Waals surface area (Å²) in [6, 6.07) is 7.88. The van der Waals surface area contributed by atoms with Gasteiger partial charge in [-0.2, -0.15) is 5.26 Å². The summed E-state index contributed by atoms with van der Waals surface area (Å²) < 4.78 is 10.7. The second-order valence-corrected chi connectivity index (χ2v) is 5.63. The van der Waals surface area contributed by atoms with Crippen molar-refractivity contribution in [1.82, 2.24) is 10.2 Å². The van der Waals surface area contributed by atoms with Gasteiger partial charge in [0.1, 0.15) is 17.6 Å². The highest BCUT2D eigenvalue weighted by Gasteiger charge is 2.34. The van der Waals surface area contributed by atoms with Crippen LogP contribution in [0.2, 0.25) is 0 Å². The van der Waals surface area contributed by atoms with Crippen molar-refractivity contribution >= 4 is 17.3 Å². The Morgan fingerprint density at radius 2 is 2.17 bits per heavy atom. The van der Waals surface area contributed by atoms with E-state index in [4.69, 9.17) is 27.4 Å². The highest BCUT2D eigenvalue weighted by molar-refractivity contribution is 7.80. The monoisotopic (exact) mass is 344 g/mol. The number of nitrogens with zero attached hydrogens (tertiary/aromatic N) is 2. The summed E-state index contributed by atoms with van der Waals surface area (Å²) in [6.45, 7) is 0.563. The van der Waals surface area contributed by atoms with Gasteiger partial charge in [0.25, 0.3) is 0 Å². The molecule has 0 aromatic heterocycles. The van der Waals surface area contributed by atoms with Crippen molar-refractivity contribution < 1.29 is 9.47 Å². The second kappa shape index (κ2) is 7.70. The summed E-state index contributed by atoms with van der Waals surface area (Å²) >= 11 is 4.91. The lowest BCUT2D eigenvalue weighted by molar-refractivity contribution is 0.235. The minimum Gasteiger partial charge on any atom is -0.497 e. The maximum Gasteiger partial charge on any atom is 0.221 e. The van der Waals surface area contributed by atoms with E-state index in [9.17, 15) is 5.26 Å². The Hall–Kier alpha value is -2.72. The van der Waals surface area contributed by atoms with E-state index in [1.807, 2.05) is 35.4 Å². The molecule has 0 fully saturated rings. The molecule has 0 aliphatic carbocycles. The lowest BCUT2D eigenvalue weighted by Gasteiger charge is -2.38. The van der Waals surface area contributed by atoms with Gasteiger partial charge in [0.05, 0.1) is 14.2 Å². The molecular formula is C17H20N4O2S. The summed E-state index contributed by atoms with van der Waals surface area (Å²) in [5.41, 5.74) is 5.48. The summed E-state index contributed by atoms with van der Waals surface area (Å²) in [5, 5.41) is 12.6. The molecule has 0 saturated carbocycles. The fraction of sp³-hybridized carbons (Fsp3) is 0.294. The molecule has 0 saturated heterocycles. The zero-order valence-electron chi connectivity index (χ0n) is 13.7. The quantitative estimate of drug-likeness (QED) is 0.760. The SMILES string of the molecule is COc1ccc(OC)c(CCN2C=CC=CC2(C#N)NC(N)=S)c1. The van der Waals surface area contributed by atoms with Gasteiger partial charge in [-0.1, -0.05) is 6.08 Å². The summed E-state index contributed by atoms with van der Waals surface area (Å²) in [4.78, 5) is 1.85. The van der Waals surface area contributed by atoms with Crippen molar-refractivity contribution in [1.29, 1.82) is 5.26 Å². The molecule has 1 heterocycles. The van der Waals surface area contributed by atoms with Gasteiger partial charge in [0.15, 0.2) is 5.11 Å². The van der Waals surface area contributed by atoms with Crippen LogP contribution in [0.1, 0.15) is 5.56 Å². The molecule has 1 atom stereocenters. The molecule has 1 aromatic rings. The Bertz CT molecular complexity index is 711. The molecular weight excluding hydrogens is 324 g/mol. The van der Waals surface area contributed by atoms with Crippen LogP contribution in [0.4, 0.5) is 0 Å². The van der Waals surface area contributed by atoms with E-state index in [0.29, 0.717) is 13.0 Å². The third-order valence-corrected chi connectivity index (χ3v) is 3.86. The van der Waals surface area contributed by atoms with Crippen LogP contribution in [0.15, 0.2) is 42.6 Å². The molecule has 1 aliphatic heterocycles. The molecule has 0 spiro atoms. The number of nitrogens with one attached hydrogen (secondary N) is 1. The molecule has 126 valence electrons. The summed E-state index contributed by atoms with van der Waals surface area (Å²) in [5.74, 6) is 1.53. The molecule has 1 aliphatic rings. The normalized spacial score (nSPS) is 18.8. The number of hydrogen-bond donors (Lipinski definition) is 2. The number of ether oxygens (including phenoxy) is 2. The first kappa shape index (κ1) is 17.6. The van der Waals surface area contributed by atoms with E-state index in [1.54, 1.807) is 26.4 Å². The minimum atomic E-state index is -1.09. The predicted molar refractivity (Wildman–Crippen MR) is 96.5 cm³/mol. The van der Waals surface area contributed by atoms with E-state index >= 15 is 0 Å². The number of nitriles is 1. The fourth-order valence-electron chi connectivity index (χ4n) is 2.56. The van der Waals surface area contributed by atoms with Crippen molar-refractivity contribution in [2.75, 3.05) is 20.8 Å². The smallest absolute Gasteiger partial charge is 0.221 e. The lowest BCUT2D eigenvalue weighted by Crippen LogP contribution is -2.59. The Kier molecular flexibility index (Phi) is 5.66. The molecule has 6 nitrogen and oxygen atoms in total. The average Bonchev–Trinajstić information content (AvgIpc) is 2.60. The maximum absolute atomic E-state index is 9.64. The third kappa shape index (κ3) is 3.78. The van der Waals surface area contributed by atoms with E-state index in [2.05, 4.69) is 11.4 Å². The van der Waals surface area contributed by atoms with Crippen LogP contribution in [-0.2, 0) is 6.42 Å². The van der Waals surface area contributed by atoms with Crippen molar-refractivity contribution in [3.63, 3.8) is 0 Å². The Morgan fingerprint density at radius 3 is 2.79 bits per heavy atom. The number of thiocarbonyl (C=S) groups is 1. The number of benzene rings is 1. The molecule has 0 radical (unpaired) electrons. The van der Waals surface area contributed by atoms with Gasteiger partial charge in [-0.05, 0) is 54.6 Å². The van der Waals surface area contributed by atoms with Crippen LogP contribution in [0.3, 0.4) is 0 Å². The number of methoxy groups -OCH3 is 2. The lowest BCUT2D eigenvalue weighted by atomic mass is 10.0. The maximum atomic E-state index is 9.64. The van der Waals surface area contributed by atoms with Gasteiger partial charge >= 0.3 is 0 Å². The molecule has 3 N–H and O–H groups in total.